The largest absolute Gasteiger partial charge is 0.478 e. The number of nitrogens with one attached hydrogen (secondary N) is 1. The van der Waals surface area contributed by atoms with E-state index in [1.165, 1.54) is 12.1 Å². The molecule has 0 saturated heterocycles. The van der Waals surface area contributed by atoms with Gasteiger partial charge in [-0.25, -0.2) is 4.79 Å². The number of anilines is 2. The number of carboxylic acids is 1. The minimum absolute atomic E-state index is 0.179. The first-order valence-electron chi connectivity index (χ1n) is 7.88. The highest BCUT2D eigenvalue weighted by atomic mass is 16.4. The minimum atomic E-state index is -1.00. The van der Waals surface area contributed by atoms with Gasteiger partial charge in [-0.15, -0.1) is 0 Å². The lowest BCUT2D eigenvalue weighted by Crippen LogP contribution is -2.03. The van der Waals surface area contributed by atoms with E-state index in [1.54, 1.807) is 48.5 Å². The molecule has 0 atom stereocenters. The number of carbonyl (C=O) groups is 2. The molecule has 1 aromatic heterocycles. The fourth-order valence-electron chi connectivity index (χ4n) is 2.88. The summed E-state index contributed by atoms with van der Waals surface area (Å²) in [6.45, 7) is 0. The number of furan rings is 1. The van der Waals surface area contributed by atoms with E-state index >= 15 is 0 Å². The molecular weight excluding hydrogens is 332 g/mol. The summed E-state index contributed by atoms with van der Waals surface area (Å²) in [4.78, 5) is 23.3. The summed E-state index contributed by atoms with van der Waals surface area (Å²) in [6.07, 6.45) is 1.64. The average molecular weight is 346 g/mol. The maximum atomic E-state index is 12.2. The number of rotatable bonds is 3. The third-order valence-electron chi connectivity index (χ3n) is 4.13. The van der Waals surface area contributed by atoms with Crippen molar-refractivity contribution in [3.63, 3.8) is 0 Å². The molecule has 0 bridgehead atoms. The van der Waals surface area contributed by atoms with Gasteiger partial charge in [0.25, 0.3) is 5.91 Å². The third kappa shape index (κ3) is 2.73. The van der Waals surface area contributed by atoms with Crippen LogP contribution in [0.1, 0.15) is 21.7 Å². The number of carboxylic acid groups (broad SMARTS) is 1. The van der Waals surface area contributed by atoms with E-state index in [-0.39, 0.29) is 11.5 Å². The topological polar surface area (TPSA) is 106 Å². The van der Waals surface area contributed by atoms with Crippen LogP contribution in [0.25, 0.3) is 23.0 Å². The maximum absolute atomic E-state index is 12.2. The molecule has 4 rings (SSSR count). The van der Waals surface area contributed by atoms with Gasteiger partial charge in [-0.3, -0.25) is 4.79 Å². The third-order valence-corrected chi connectivity index (χ3v) is 4.13. The number of hydrogen-bond donors (Lipinski definition) is 3. The Labute approximate surface area is 148 Å². The van der Waals surface area contributed by atoms with Crippen LogP contribution in [0.2, 0.25) is 0 Å². The van der Waals surface area contributed by atoms with Crippen molar-refractivity contribution in [2.24, 2.45) is 0 Å². The van der Waals surface area contributed by atoms with Gasteiger partial charge >= 0.3 is 5.97 Å². The molecule has 0 spiro atoms. The summed E-state index contributed by atoms with van der Waals surface area (Å²) < 4.78 is 5.78. The zero-order chi connectivity index (χ0) is 18.3. The Morgan fingerprint density at radius 1 is 1.12 bits per heavy atom. The Kier molecular flexibility index (Phi) is 3.58. The number of hydrogen-bond acceptors (Lipinski definition) is 4. The van der Waals surface area contributed by atoms with Gasteiger partial charge in [-0.1, -0.05) is 12.1 Å². The molecule has 0 unspecified atom stereocenters. The fraction of sp³-hybridized carbons (Fsp3) is 0. The predicted octanol–water partition coefficient (Wildman–Crippen LogP) is 3.72. The Hall–Kier alpha value is -3.80. The van der Waals surface area contributed by atoms with E-state index in [2.05, 4.69) is 5.32 Å². The molecule has 1 aliphatic heterocycles. The molecule has 3 aromatic rings. The van der Waals surface area contributed by atoms with E-state index < -0.39 is 5.97 Å². The molecular formula is C20H14N2O4. The highest BCUT2D eigenvalue weighted by Gasteiger charge is 2.24. The van der Waals surface area contributed by atoms with Gasteiger partial charge < -0.3 is 20.6 Å². The molecule has 4 N–H and O–H groups in total. The van der Waals surface area contributed by atoms with Crippen molar-refractivity contribution in [2.75, 3.05) is 11.1 Å². The van der Waals surface area contributed by atoms with Gasteiger partial charge in [-0.05, 0) is 48.5 Å². The van der Waals surface area contributed by atoms with Gasteiger partial charge in [0.2, 0.25) is 0 Å². The van der Waals surface area contributed by atoms with Gasteiger partial charge in [-0.2, -0.15) is 0 Å². The fourth-order valence-corrected chi connectivity index (χ4v) is 2.88. The second-order valence-electron chi connectivity index (χ2n) is 5.91. The molecule has 0 saturated carbocycles. The maximum Gasteiger partial charge on any atom is 0.335 e. The Bertz CT molecular complexity index is 1080. The van der Waals surface area contributed by atoms with E-state index in [0.717, 1.165) is 5.56 Å². The van der Waals surface area contributed by atoms with Crippen LogP contribution in [-0.2, 0) is 4.79 Å². The molecule has 6 nitrogen and oxygen atoms in total. The molecule has 2 heterocycles. The molecule has 1 aliphatic rings. The first-order chi connectivity index (χ1) is 12.5. The lowest BCUT2D eigenvalue weighted by atomic mass is 10.1. The van der Waals surface area contributed by atoms with Crippen LogP contribution in [0.3, 0.4) is 0 Å². The van der Waals surface area contributed by atoms with Crippen LogP contribution in [0.15, 0.2) is 59.0 Å². The molecule has 26 heavy (non-hydrogen) atoms. The van der Waals surface area contributed by atoms with Crippen molar-refractivity contribution in [1.29, 1.82) is 0 Å². The molecule has 6 heteroatoms. The smallest absolute Gasteiger partial charge is 0.335 e. The monoisotopic (exact) mass is 346 g/mol. The van der Waals surface area contributed by atoms with Crippen molar-refractivity contribution < 1.29 is 19.1 Å². The van der Waals surface area contributed by atoms with Crippen LogP contribution in [0.4, 0.5) is 11.4 Å². The second kappa shape index (κ2) is 5.93. The first kappa shape index (κ1) is 15.7. The van der Waals surface area contributed by atoms with Gasteiger partial charge in [0, 0.05) is 22.5 Å². The zero-order valence-corrected chi connectivity index (χ0v) is 13.5. The first-order valence-corrected chi connectivity index (χ1v) is 7.88. The highest BCUT2D eigenvalue weighted by molar-refractivity contribution is 6.35. The van der Waals surface area contributed by atoms with Crippen LogP contribution in [-0.4, -0.2) is 17.0 Å². The van der Waals surface area contributed by atoms with E-state index in [0.29, 0.717) is 34.0 Å². The lowest BCUT2D eigenvalue weighted by Gasteiger charge is -2.00. The van der Waals surface area contributed by atoms with Crippen molar-refractivity contribution >= 4 is 34.9 Å². The second-order valence-corrected chi connectivity index (χ2v) is 5.91. The summed E-state index contributed by atoms with van der Waals surface area (Å²) in [7, 11) is 0. The zero-order valence-electron chi connectivity index (χ0n) is 13.5. The summed E-state index contributed by atoms with van der Waals surface area (Å²) in [5.74, 6) is -0.221. The Morgan fingerprint density at radius 2 is 1.96 bits per heavy atom. The van der Waals surface area contributed by atoms with Crippen molar-refractivity contribution in [3.05, 3.63) is 71.5 Å². The molecule has 0 fully saturated rings. The summed E-state index contributed by atoms with van der Waals surface area (Å²) in [5, 5.41) is 11.9. The number of aromatic carboxylic acids is 1. The predicted molar refractivity (Wildman–Crippen MR) is 98.5 cm³/mol. The SMILES string of the molecule is Nc1ccc2c(c1)C(=Cc1ccc(-c3cccc(C(=O)O)c3)o1)C(=O)N2. The quantitative estimate of drug-likeness (QED) is 0.495. The molecule has 1 amide bonds. The normalized spacial score (nSPS) is 14.3. The van der Waals surface area contributed by atoms with Crippen LogP contribution >= 0.6 is 0 Å². The Morgan fingerprint density at radius 3 is 2.77 bits per heavy atom. The van der Waals surface area contributed by atoms with Crippen molar-refractivity contribution in [3.8, 4) is 11.3 Å². The molecule has 0 radical (unpaired) electrons. The Balaban J connectivity index is 1.71. The number of nitrogens with two attached hydrogens (primary N) is 1. The summed E-state index contributed by atoms with van der Waals surface area (Å²) in [5.41, 5.74) is 9.10. The number of amides is 1. The van der Waals surface area contributed by atoms with Crippen LogP contribution in [0, 0.1) is 0 Å². The van der Waals surface area contributed by atoms with Gasteiger partial charge in [0.1, 0.15) is 11.5 Å². The molecule has 128 valence electrons. The number of nitrogen functional groups attached to an aromatic ring is 1. The van der Waals surface area contributed by atoms with Crippen LogP contribution in [0.5, 0.6) is 0 Å². The number of fused-ring (bicyclic) bond motifs is 1. The van der Waals surface area contributed by atoms with E-state index in [9.17, 15) is 9.59 Å². The lowest BCUT2D eigenvalue weighted by molar-refractivity contribution is -0.110. The summed E-state index contributed by atoms with van der Waals surface area (Å²) >= 11 is 0. The van der Waals surface area contributed by atoms with Gasteiger partial charge in [0.15, 0.2) is 0 Å². The van der Waals surface area contributed by atoms with Crippen LogP contribution < -0.4 is 11.1 Å². The number of benzene rings is 2. The standard InChI is InChI=1S/C20H14N2O4/c21-13-4-6-17-15(9-13)16(19(23)22-17)10-14-5-7-18(26-14)11-2-1-3-12(8-11)20(24)25/h1-10H,21H2,(H,22,23)(H,24,25). The van der Waals surface area contributed by atoms with E-state index in [4.69, 9.17) is 15.3 Å². The molecule has 0 aliphatic carbocycles. The average Bonchev–Trinajstić information content (AvgIpc) is 3.21. The van der Waals surface area contributed by atoms with Crippen molar-refractivity contribution in [1.82, 2.24) is 0 Å². The summed E-state index contributed by atoms with van der Waals surface area (Å²) in [6, 6.07) is 15.2. The number of carbonyl (C=O) groups excluding carboxylic acids is 1. The van der Waals surface area contributed by atoms with Gasteiger partial charge in [0.05, 0.1) is 11.1 Å². The molecule has 2 aromatic carbocycles. The van der Waals surface area contributed by atoms with Crippen molar-refractivity contribution in [2.45, 2.75) is 0 Å². The van der Waals surface area contributed by atoms with E-state index in [1.807, 2.05) is 0 Å². The highest BCUT2D eigenvalue weighted by Crippen LogP contribution is 2.35. The minimum Gasteiger partial charge on any atom is -0.478 e.